The molecule has 1 N–H and O–H groups in total. The monoisotopic (exact) mass is 333 g/mol. The first-order valence-corrected chi connectivity index (χ1v) is 7.96. The van der Waals surface area contributed by atoms with Crippen LogP contribution in [-0.2, 0) is 22.6 Å². The van der Waals surface area contributed by atoms with Crippen molar-refractivity contribution >= 4 is 16.8 Å². The van der Waals surface area contributed by atoms with Crippen molar-refractivity contribution in [2.45, 2.75) is 39.4 Å². The molecule has 0 spiro atoms. The van der Waals surface area contributed by atoms with E-state index in [0.717, 1.165) is 0 Å². The second-order valence-corrected chi connectivity index (χ2v) is 5.91. The zero-order chi connectivity index (χ0) is 17.7. The highest BCUT2D eigenvalue weighted by Crippen LogP contribution is 2.07. The number of hydrogen-bond acceptors (Lipinski definition) is 4. The van der Waals surface area contributed by atoms with Gasteiger partial charge >= 0.3 is 5.69 Å². The van der Waals surface area contributed by atoms with Crippen molar-refractivity contribution in [3.8, 4) is 0 Å². The maximum Gasteiger partial charge on any atom is 0.331 e. The van der Waals surface area contributed by atoms with E-state index in [1.807, 2.05) is 13.8 Å². The molecule has 0 unspecified atom stereocenters. The van der Waals surface area contributed by atoms with Gasteiger partial charge in [-0.1, -0.05) is 12.1 Å². The smallest absolute Gasteiger partial charge is 0.331 e. The molecular formula is C17H23N3O4. The summed E-state index contributed by atoms with van der Waals surface area (Å²) in [4.78, 5) is 37.4. The Morgan fingerprint density at radius 3 is 2.58 bits per heavy atom. The van der Waals surface area contributed by atoms with Crippen LogP contribution in [0.15, 0.2) is 33.9 Å². The number of ether oxygens (including phenoxy) is 1. The molecule has 1 aromatic heterocycles. The van der Waals surface area contributed by atoms with E-state index in [4.69, 9.17) is 4.74 Å². The molecule has 0 aliphatic heterocycles. The summed E-state index contributed by atoms with van der Waals surface area (Å²) < 4.78 is 7.50. The number of fused-ring (bicyclic) bond motifs is 1. The second kappa shape index (κ2) is 7.92. The summed E-state index contributed by atoms with van der Waals surface area (Å²) in [5, 5.41) is 3.19. The van der Waals surface area contributed by atoms with E-state index in [1.54, 1.807) is 31.4 Å². The highest BCUT2D eigenvalue weighted by Gasteiger charge is 2.15. The molecule has 0 saturated heterocycles. The van der Waals surface area contributed by atoms with E-state index >= 15 is 0 Å². The fourth-order valence-electron chi connectivity index (χ4n) is 2.60. The van der Waals surface area contributed by atoms with E-state index in [2.05, 4.69) is 5.32 Å². The Morgan fingerprint density at radius 1 is 1.21 bits per heavy atom. The molecule has 24 heavy (non-hydrogen) atoms. The van der Waals surface area contributed by atoms with Gasteiger partial charge in [-0.3, -0.25) is 18.7 Å². The lowest BCUT2D eigenvalue weighted by Gasteiger charge is -2.15. The molecule has 0 bridgehead atoms. The van der Waals surface area contributed by atoms with Gasteiger partial charge in [0.05, 0.1) is 10.9 Å². The highest BCUT2D eigenvalue weighted by molar-refractivity contribution is 5.81. The predicted octanol–water partition coefficient (Wildman–Crippen LogP) is 0.724. The summed E-state index contributed by atoms with van der Waals surface area (Å²) in [6.45, 7) is 4.28. The van der Waals surface area contributed by atoms with Crippen molar-refractivity contribution in [3.05, 3.63) is 45.1 Å². The number of carbonyl (C=O) groups excluding carboxylic acids is 1. The average Bonchev–Trinajstić information content (AvgIpc) is 2.54. The number of amides is 1. The molecule has 0 atom stereocenters. The Hall–Kier alpha value is -2.41. The number of rotatable bonds is 7. The quantitative estimate of drug-likeness (QED) is 0.757. The van der Waals surface area contributed by atoms with Gasteiger partial charge in [-0.05, 0) is 32.4 Å². The molecule has 1 aromatic carbocycles. The molecule has 0 fully saturated rings. The van der Waals surface area contributed by atoms with Crippen molar-refractivity contribution in [1.82, 2.24) is 14.5 Å². The van der Waals surface area contributed by atoms with Gasteiger partial charge < -0.3 is 10.1 Å². The van der Waals surface area contributed by atoms with Crippen LogP contribution in [0, 0.1) is 0 Å². The number of nitrogens with zero attached hydrogens (tertiary/aromatic N) is 2. The highest BCUT2D eigenvalue weighted by atomic mass is 16.5. The number of benzene rings is 1. The Balaban J connectivity index is 2.53. The first-order valence-electron chi connectivity index (χ1n) is 7.96. The molecule has 0 aliphatic carbocycles. The van der Waals surface area contributed by atoms with Gasteiger partial charge in [0, 0.05) is 26.3 Å². The maximum absolute atomic E-state index is 12.7. The van der Waals surface area contributed by atoms with Gasteiger partial charge in [0.2, 0.25) is 5.91 Å². The maximum atomic E-state index is 12.7. The lowest BCUT2D eigenvalue weighted by molar-refractivity contribution is -0.122. The van der Waals surface area contributed by atoms with Crippen molar-refractivity contribution in [2.24, 2.45) is 0 Å². The standard InChI is InChI=1S/C17H23N3O4/c1-12(2)18-15(21)11-20-14-8-5-4-7-13(14)16(22)19(17(20)23)9-6-10-24-3/h4-5,7-8,12H,6,9-11H2,1-3H3,(H,18,21). The third-order valence-electron chi connectivity index (χ3n) is 3.61. The van der Waals surface area contributed by atoms with Crippen LogP contribution in [0.1, 0.15) is 20.3 Å². The van der Waals surface area contributed by atoms with Crippen LogP contribution in [0.5, 0.6) is 0 Å². The van der Waals surface area contributed by atoms with E-state index < -0.39 is 5.69 Å². The van der Waals surface area contributed by atoms with Crippen LogP contribution >= 0.6 is 0 Å². The number of hydrogen-bond donors (Lipinski definition) is 1. The first kappa shape index (κ1) is 17.9. The van der Waals surface area contributed by atoms with Crippen LogP contribution in [0.4, 0.5) is 0 Å². The molecule has 0 aliphatic rings. The fraction of sp³-hybridized carbons (Fsp3) is 0.471. The number of para-hydroxylation sites is 1. The third kappa shape index (κ3) is 3.91. The minimum atomic E-state index is -0.478. The summed E-state index contributed by atoms with van der Waals surface area (Å²) in [6, 6.07) is 6.81. The van der Waals surface area contributed by atoms with E-state index in [1.165, 1.54) is 9.13 Å². The molecule has 2 aromatic rings. The largest absolute Gasteiger partial charge is 0.385 e. The number of carbonyl (C=O) groups is 1. The molecule has 1 heterocycles. The van der Waals surface area contributed by atoms with Crippen LogP contribution in [0.2, 0.25) is 0 Å². The van der Waals surface area contributed by atoms with E-state index in [9.17, 15) is 14.4 Å². The van der Waals surface area contributed by atoms with Gasteiger partial charge in [0.25, 0.3) is 5.56 Å². The van der Waals surface area contributed by atoms with Crippen molar-refractivity contribution < 1.29 is 9.53 Å². The summed E-state index contributed by atoms with van der Waals surface area (Å²) in [7, 11) is 1.57. The van der Waals surface area contributed by atoms with Gasteiger partial charge in [-0.15, -0.1) is 0 Å². The molecule has 1 amide bonds. The zero-order valence-electron chi connectivity index (χ0n) is 14.2. The molecular weight excluding hydrogens is 310 g/mol. The zero-order valence-corrected chi connectivity index (χ0v) is 14.2. The predicted molar refractivity (Wildman–Crippen MR) is 92.2 cm³/mol. The summed E-state index contributed by atoms with van der Waals surface area (Å²) in [5.41, 5.74) is -0.352. The fourth-order valence-corrected chi connectivity index (χ4v) is 2.60. The van der Waals surface area contributed by atoms with Gasteiger partial charge in [-0.2, -0.15) is 0 Å². The number of aromatic nitrogens is 2. The van der Waals surface area contributed by atoms with Crippen LogP contribution in [-0.4, -0.2) is 34.8 Å². The van der Waals surface area contributed by atoms with Gasteiger partial charge in [0.15, 0.2) is 0 Å². The molecule has 130 valence electrons. The molecule has 0 radical (unpaired) electrons. The van der Waals surface area contributed by atoms with Crippen LogP contribution in [0.3, 0.4) is 0 Å². The lowest BCUT2D eigenvalue weighted by atomic mass is 10.2. The summed E-state index contributed by atoms with van der Waals surface area (Å²) >= 11 is 0. The minimum Gasteiger partial charge on any atom is -0.385 e. The van der Waals surface area contributed by atoms with E-state index in [-0.39, 0.29) is 30.6 Å². The minimum absolute atomic E-state index is 0.0212. The van der Waals surface area contributed by atoms with Crippen LogP contribution in [0.25, 0.3) is 10.9 Å². The van der Waals surface area contributed by atoms with Crippen molar-refractivity contribution in [2.75, 3.05) is 13.7 Å². The molecule has 7 heteroatoms. The molecule has 2 rings (SSSR count). The molecule has 0 saturated carbocycles. The summed E-state index contributed by atoms with van der Waals surface area (Å²) in [6.07, 6.45) is 0.544. The summed E-state index contributed by atoms with van der Waals surface area (Å²) in [5.74, 6) is -0.264. The Bertz CT molecular complexity index is 836. The number of nitrogens with one attached hydrogen (secondary N) is 1. The number of methoxy groups -OCH3 is 1. The molecule has 7 nitrogen and oxygen atoms in total. The first-order chi connectivity index (χ1) is 11.5. The lowest BCUT2D eigenvalue weighted by Crippen LogP contribution is -2.43. The SMILES string of the molecule is COCCCn1c(=O)c2ccccc2n(CC(=O)NC(C)C)c1=O. The normalized spacial score (nSPS) is 11.2. The van der Waals surface area contributed by atoms with Crippen molar-refractivity contribution in [3.63, 3.8) is 0 Å². The van der Waals surface area contributed by atoms with Gasteiger partial charge in [0.1, 0.15) is 6.54 Å². The third-order valence-corrected chi connectivity index (χ3v) is 3.61. The average molecular weight is 333 g/mol. The Kier molecular flexibility index (Phi) is 5.92. The Morgan fingerprint density at radius 2 is 1.92 bits per heavy atom. The van der Waals surface area contributed by atoms with E-state index in [0.29, 0.717) is 23.9 Å². The topological polar surface area (TPSA) is 82.3 Å². The van der Waals surface area contributed by atoms with Crippen molar-refractivity contribution in [1.29, 1.82) is 0 Å². The van der Waals surface area contributed by atoms with Crippen LogP contribution < -0.4 is 16.6 Å². The second-order valence-electron chi connectivity index (χ2n) is 5.91. The van der Waals surface area contributed by atoms with Gasteiger partial charge in [-0.25, -0.2) is 4.79 Å². The Labute approximate surface area is 139 Å².